The van der Waals surface area contributed by atoms with Crippen molar-refractivity contribution in [2.24, 2.45) is 0 Å². The zero-order valence-electron chi connectivity index (χ0n) is 11.2. The molecule has 0 saturated carbocycles. The van der Waals surface area contributed by atoms with Gasteiger partial charge in [-0.25, -0.2) is 0 Å². The molecule has 100 valence electrons. The van der Waals surface area contributed by atoms with E-state index in [0.29, 0.717) is 5.92 Å². The number of ether oxygens (including phenoxy) is 1. The van der Waals surface area contributed by atoms with E-state index in [2.05, 4.69) is 30.0 Å². The fourth-order valence-corrected chi connectivity index (χ4v) is 3.63. The minimum Gasteiger partial charge on any atom is -0.496 e. The van der Waals surface area contributed by atoms with Gasteiger partial charge in [0.25, 0.3) is 0 Å². The van der Waals surface area contributed by atoms with Crippen molar-refractivity contribution in [3.8, 4) is 5.75 Å². The molecule has 0 aromatic heterocycles. The SMILES string of the molecule is COc1ccc(C2CCSCC2)cc1C(C)CO. The predicted molar refractivity (Wildman–Crippen MR) is 77.8 cm³/mol. The van der Waals surface area contributed by atoms with Crippen molar-refractivity contribution in [2.75, 3.05) is 25.2 Å². The van der Waals surface area contributed by atoms with E-state index in [0.717, 1.165) is 11.3 Å². The van der Waals surface area contributed by atoms with Crippen LogP contribution in [0, 0.1) is 0 Å². The molecule has 1 aliphatic heterocycles. The minimum atomic E-state index is 0.137. The zero-order chi connectivity index (χ0) is 13.0. The zero-order valence-corrected chi connectivity index (χ0v) is 12.0. The van der Waals surface area contributed by atoms with E-state index >= 15 is 0 Å². The van der Waals surface area contributed by atoms with Gasteiger partial charge in [-0.05, 0) is 47.5 Å². The topological polar surface area (TPSA) is 29.5 Å². The van der Waals surface area contributed by atoms with Gasteiger partial charge in [0.15, 0.2) is 0 Å². The highest BCUT2D eigenvalue weighted by molar-refractivity contribution is 7.99. The molecule has 1 fully saturated rings. The van der Waals surface area contributed by atoms with Gasteiger partial charge in [0, 0.05) is 12.5 Å². The average molecular weight is 266 g/mol. The molecule has 1 N–H and O–H groups in total. The molecule has 0 spiro atoms. The molecule has 0 bridgehead atoms. The van der Waals surface area contributed by atoms with Crippen LogP contribution in [-0.2, 0) is 0 Å². The quantitative estimate of drug-likeness (QED) is 0.905. The lowest BCUT2D eigenvalue weighted by Gasteiger charge is -2.23. The van der Waals surface area contributed by atoms with Crippen molar-refractivity contribution >= 4 is 11.8 Å². The smallest absolute Gasteiger partial charge is 0.122 e. The van der Waals surface area contributed by atoms with E-state index in [1.165, 1.54) is 29.9 Å². The van der Waals surface area contributed by atoms with Crippen LogP contribution in [0.15, 0.2) is 18.2 Å². The normalized spacial score (nSPS) is 18.6. The monoisotopic (exact) mass is 266 g/mol. The van der Waals surface area contributed by atoms with E-state index in [4.69, 9.17) is 4.74 Å². The highest BCUT2D eigenvalue weighted by Gasteiger charge is 2.18. The second-order valence-corrected chi connectivity index (χ2v) is 6.20. The first kappa shape index (κ1) is 13.8. The summed E-state index contributed by atoms with van der Waals surface area (Å²) in [5.41, 5.74) is 2.54. The van der Waals surface area contributed by atoms with E-state index in [1.54, 1.807) is 7.11 Å². The molecule has 0 radical (unpaired) electrons. The van der Waals surface area contributed by atoms with Gasteiger partial charge in [-0.15, -0.1) is 0 Å². The molecule has 1 aromatic rings. The van der Waals surface area contributed by atoms with Gasteiger partial charge in [-0.2, -0.15) is 11.8 Å². The Hall–Kier alpha value is -0.670. The first-order valence-electron chi connectivity index (χ1n) is 6.62. The van der Waals surface area contributed by atoms with Crippen LogP contribution in [0.4, 0.5) is 0 Å². The van der Waals surface area contributed by atoms with Crippen LogP contribution in [0.1, 0.15) is 42.7 Å². The summed E-state index contributed by atoms with van der Waals surface area (Å²) < 4.78 is 5.40. The van der Waals surface area contributed by atoms with Crippen LogP contribution >= 0.6 is 11.8 Å². The molecular weight excluding hydrogens is 244 g/mol. The summed E-state index contributed by atoms with van der Waals surface area (Å²) in [7, 11) is 1.69. The van der Waals surface area contributed by atoms with Crippen molar-refractivity contribution in [3.05, 3.63) is 29.3 Å². The van der Waals surface area contributed by atoms with Crippen molar-refractivity contribution in [1.82, 2.24) is 0 Å². The van der Waals surface area contributed by atoms with Crippen molar-refractivity contribution < 1.29 is 9.84 Å². The number of methoxy groups -OCH3 is 1. The van der Waals surface area contributed by atoms with E-state index < -0.39 is 0 Å². The molecule has 0 aliphatic carbocycles. The van der Waals surface area contributed by atoms with Crippen LogP contribution < -0.4 is 4.74 Å². The summed E-state index contributed by atoms with van der Waals surface area (Å²) in [4.78, 5) is 0. The molecular formula is C15H22O2S. The van der Waals surface area contributed by atoms with E-state index in [9.17, 15) is 5.11 Å². The summed E-state index contributed by atoms with van der Waals surface area (Å²) in [6.45, 7) is 2.21. The van der Waals surface area contributed by atoms with Gasteiger partial charge >= 0.3 is 0 Å². The van der Waals surface area contributed by atoms with E-state index in [1.807, 2.05) is 6.92 Å². The number of aliphatic hydroxyl groups excluding tert-OH is 1. The van der Waals surface area contributed by atoms with Crippen LogP contribution in [-0.4, -0.2) is 30.3 Å². The predicted octanol–water partition coefficient (Wildman–Crippen LogP) is 3.40. The second kappa shape index (κ2) is 6.48. The maximum absolute atomic E-state index is 9.35. The molecule has 1 atom stereocenters. The molecule has 18 heavy (non-hydrogen) atoms. The van der Waals surface area contributed by atoms with Gasteiger partial charge in [0.2, 0.25) is 0 Å². The van der Waals surface area contributed by atoms with Gasteiger partial charge in [-0.3, -0.25) is 0 Å². The summed E-state index contributed by atoms with van der Waals surface area (Å²) in [5, 5.41) is 9.35. The Balaban J connectivity index is 2.26. The second-order valence-electron chi connectivity index (χ2n) is 4.97. The molecule has 2 rings (SSSR count). The van der Waals surface area contributed by atoms with Gasteiger partial charge in [0.1, 0.15) is 5.75 Å². The molecule has 1 aromatic carbocycles. The summed E-state index contributed by atoms with van der Waals surface area (Å²) >= 11 is 2.05. The Morgan fingerprint density at radius 3 is 2.72 bits per heavy atom. The van der Waals surface area contributed by atoms with E-state index in [-0.39, 0.29) is 12.5 Å². The lowest BCUT2D eigenvalue weighted by atomic mass is 9.89. The molecule has 3 heteroatoms. The Kier molecular flexibility index (Phi) is 4.95. The molecule has 0 amide bonds. The molecule has 1 unspecified atom stereocenters. The number of hydrogen-bond acceptors (Lipinski definition) is 3. The summed E-state index contributed by atoms with van der Waals surface area (Å²) in [6.07, 6.45) is 2.54. The number of thioether (sulfide) groups is 1. The highest BCUT2D eigenvalue weighted by Crippen LogP contribution is 2.35. The van der Waals surface area contributed by atoms with Crippen LogP contribution in [0.3, 0.4) is 0 Å². The lowest BCUT2D eigenvalue weighted by Crippen LogP contribution is -2.09. The third-order valence-corrected chi connectivity index (χ3v) is 4.80. The van der Waals surface area contributed by atoms with Crippen molar-refractivity contribution in [1.29, 1.82) is 0 Å². The lowest BCUT2D eigenvalue weighted by molar-refractivity contribution is 0.269. The van der Waals surface area contributed by atoms with Crippen LogP contribution in [0.5, 0.6) is 5.75 Å². The third-order valence-electron chi connectivity index (χ3n) is 3.75. The number of aliphatic hydroxyl groups is 1. The molecule has 1 aliphatic rings. The van der Waals surface area contributed by atoms with Gasteiger partial charge in [-0.1, -0.05) is 19.1 Å². The largest absolute Gasteiger partial charge is 0.496 e. The number of benzene rings is 1. The third kappa shape index (κ3) is 3.01. The summed E-state index contributed by atoms with van der Waals surface area (Å²) in [6, 6.07) is 6.48. The standard InChI is InChI=1S/C15H22O2S/c1-11(10-16)14-9-13(3-4-15(14)17-2)12-5-7-18-8-6-12/h3-4,9,11-12,16H,5-8,10H2,1-2H3. The van der Waals surface area contributed by atoms with Gasteiger partial charge < -0.3 is 9.84 Å². The molecule has 2 nitrogen and oxygen atoms in total. The number of rotatable bonds is 4. The Labute approximate surface area is 114 Å². The maximum atomic E-state index is 9.35. The minimum absolute atomic E-state index is 0.137. The summed E-state index contributed by atoms with van der Waals surface area (Å²) in [5.74, 6) is 4.24. The fraction of sp³-hybridized carbons (Fsp3) is 0.600. The van der Waals surface area contributed by atoms with Crippen molar-refractivity contribution in [3.63, 3.8) is 0 Å². The number of hydrogen-bond donors (Lipinski definition) is 1. The first-order chi connectivity index (χ1) is 8.76. The fourth-order valence-electron chi connectivity index (χ4n) is 2.52. The Morgan fingerprint density at radius 1 is 1.39 bits per heavy atom. The van der Waals surface area contributed by atoms with Gasteiger partial charge in [0.05, 0.1) is 7.11 Å². The van der Waals surface area contributed by atoms with Crippen LogP contribution in [0.2, 0.25) is 0 Å². The Bertz CT molecular complexity index is 386. The molecule has 1 saturated heterocycles. The first-order valence-corrected chi connectivity index (χ1v) is 7.78. The maximum Gasteiger partial charge on any atom is 0.122 e. The van der Waals surface area contributed by atoms with Crippen LogP contribution in [0.25, 0.3) is 0 Å². The molecule has 1 heterocycles. The Morgan fingerprint density at radius 2 is 2.11 bits per heavy atom. The highest BCUT2D eigenvalue weighted by atomic mass is 32.2. The average Bonchev–Trinajstić information content (AvgIpc) is 2.46. The van der Waals surface area contributed by atoms with Crippen molar-refractivity contribution in [2.45, 2.75) is 31.6 Å².